The number of methoxy groups -OCH3 is 1. The molecular formula is C26H38O8. The third kappa shape index (κ3) is 8.61. The molecule has 1 unspecified atom stereocenters. The summed E-state index contributed by atoms with van der Waals surface area (Å²) in [6.07, 6.45) is 7.94. The van der Waals surface area contributed by atoms with Crippen LogP contribution < -0.4 is 0 Å². The van der Waals surface area contributed by atoms with Crippen molar-refractivity contribution in [3.63, 3.8) is 0 Å². The molecular weight excluding hydrogens is 440 g/mol. The number of esters is 4. The minimum absolute atomic E-state index is 0.0337. The highest BCUT2D eigenvalue weighted by Gasteiger charge is 2.35. The first-order valence-corrected chi connectivity index (χ1v) is 12.1. The lowest BCUT2D eigenvalue weighted by Crippen LogP contribution is -2.31. The third-order valence-corrected chi connectivity index (χ3v) is 6.96. The lowest BCUT2D eigenvalue weighted by atomic mass is 9.69. The van der Waals surface area contributed by atoms with E-state index in [0.29, 0.717) is 11.8 Å². The maximum atomic E-state index is 12.6. The van der Waals surface area contributed by atoms with Gasteiger partial charge in [0.05, 0.1) is 25.6 Å². The van der Waals surface area contributed by atoms with Gasteiger partial charge in [-0.15, -0.1) is 0 Å². The fourth-order valence-electron chi connectivity index (χ4n) is 4.89. The standard InChI is InChI=1S/C26H38O8/c1-5-23(27)33-16-22(34-24(28)17(2)3)14-15-32-26(30)21-12-8-19(9-13-21)18-6-10-20(11-7-18)25(29)31-4/h5,18-22H,1-2,6-16H2,3-4H3. The quantitative estimate of drug-likeness (QED) is 0.250. The molecule has 0 aromatic rings. The fraction of sp³-hybridized carbons (Fsp3) is 0.692. The number of ether oxygens (including phenoxy) is 4. The molecule has 0 saturated heterocycles. The molecule has 2 aliphatic carbocycles. The number of carbonyl (C=O) groups excluding carboxylic acids is 4. The second-order valence-electron chi connectivity index (χ2n) is 9.34. The zero-order valence-corrected chi connectivity index (χ0v) is 20.4. The first kappa shape index (κ1) is 27.6. The maximum absolute atomic E-state index is 12.6. The van der Waals surface area contributed by atoms with E-state index in [-0.39, 0.29) is 49.0 Å². The Kier molecular flexibility index (Phi) is 11.3. The Hall–Kier alpha value is -2.64. The van der Waals surface area contributed by atoms with Crippen molar-refractivity contribution in [1.29, 1.82) is 0 Å². The predicted octanol–water partition coefficient (Wildman–Crippen LogP) is 3.92. The van der Waals surface area contributed by atoms with Crippen molar-refractivity contribution in [1.82, 2.24) is 0 Å². The minimum Gasteiger partial charge on any atom is -0.469 e. The molecule has 8 nitrogen and oxygen atoms in total. The Labute approximate surface area is 202 Å². The third-order valence-electron chi connectivity index (χ3n) is 6.96. The van der Waals surface area contributed by atoms with E-state index >= 15 is 0 Å². The highest BCUT2D eigenvalue weighted by molar-refractivity contribution is 5.87. The zero-order valence-electron chi connectivity index (χ0n) is 20.4. The van der Waals surface area contributed by atoms with Crippen LogP contribution in [-0.2, 0) is 38.1 Å². The van der Waals surface area contributed by atoms with Crippen LogP contribution in [0.15, 0.2) is 24.8 Å². The highest BCUT2D eigenvalue weighted by Crippen LogP contribution is 2.41. The zero-order chi connectivity index (χ0) is 25.1. The van der Waals surface area contributed by atoms with Crippen LogP contribution in [0.25, 0.3) is 0 Å². The van der Waals surface area contributed by atoms with Crippen molar-refractivity contribution in [2.75, 3.05) is 20.3 Å². The summed E-state index contributed by atoms with van der Waals surface area (Å²) in [5.41, 5.74) is 0.229. The summed E-state index contributed by atoms with van der Waals surface area (Å²) < 4.78 is 20.6. The molecule has 2 saturated carbocycles. The lowest BCUT2D eigenvalue weighted by molar-refractivity contribution is -0.157. The highest BCUT2D eigenvalue weighted by atomic mass is 16.6. The first-order chi connectivity index (χ1) is 16.2. The Morgan fingerprint density at radius 2 is 1.41 bits per heavy atom. The van der Waals surface area contributed by atoms with Gasteiger partial charge in [-0.05, 0) is 70.1 Å². The van der Waals surface area contributed by atoms with Crippen LogP contribution in [0.4, 0.5) is 0 Å². The van der Waals surface area contributed by atoms with Crippen LogP contribution in [0.1, 0.15) is 64.7 Å². The maximum Gasteiger partial charge on any atom is 0.333 e. The lowest BCUT2D eigenvalue weighted by Gasteiger charge is -2.36. The van der Waals surface area contributed by atoms with E-state index in [1.54, 1.807) is 0 Å². The molecule has 2 aliphatic rings. The molecule has 0 bridgehead atoms. The molecule has 0 aromatic carbocycles. The molecule has 1 atom stereocenters. The molecule has 34 heavy (non-hydrogen) atoms. The van der Waals surface area contributed by atoms with E-state index in [4.69, 9.17) is 18.9 Å². The van der Waals surface area contributed by atoms with E-state index in [1.807, 2.05) is 0 Å². The van der Waals surface area contributed by atoms with Crippen LogP contribution in [-0.4, -0.2) is 50.3 Å². The predicted molar refractivity (Wildman–Crippen MR) is 124 cm³/mol. The van der Waals surface area contributed by atoms with Gasteiger partial charge in [0.2, 0.25) is 0 Å². The molecule has 8 heteroatoms. The molecule has 2 fully saturated rings. The van der Waals surface area contributed by atoms with Gasteiger partial charge < -0.3 is 18.9 Å². The van der Waals surface area contributed by atoms with Crippen LogP contribution >= 0.6 is 0 Å². The van der Waals surface area contributed by atoms with E-state index in [1.165, 1.54) is 14.0 Å². The molecule has 0 radical (unpaired) electrons. The van der Waals surface area contributed by atoms with Gasteiger partial charge in [-0.25, -0.2) is 9.59 Å². The summed E-state index contributed by atoms with van der Waals surface area (Å²) in [7, 11) is 1.45. The molecule has 0 aliphatic heterocycles. The largest absolute Gasteiger partial charge is 0.469 e. The normalized spacial score (nSPS) is 25.4. The number of carbonyl (C=O) groups is 4. The van der Waals surface area contributed by atoms with Gasteiger partial charge in [-0.2, -0.15) is 0 Å². The van der Waals surface area contributed by atoms with Gasteiger partial charge in [0.15, 0.2) is 0 Å². The summed E-state index contributed by atoms with van der Waals surface area (Å²) in [6.45, 7) is 8.31. The second kappa shape index (κ2) is 13.9. The van der Waals surface area contributed by atoms with Crippen LogP contribution in [0.2, 0.25) is 0 Å². The van der Waals surface area contributed by atoms with Crippen molar-refractivity contribution in [2.24, 2.45) is 23.7 Å². The van der Waals surface area contributed by atoms with Crippen molar-refractivity contribution < 1.29 is 38.1 Å². The Morgan fingerprint density at radius 3 is 1.88 bits per heavy atom. The second-order valence-corrected chi connectivity index (χ2v) is 9.34. The van der Waals surface area contributed by atoms with Crippen molar-refractivity contribution in [3.8, 4) is 0 Å². The fourth-order valence-corrected chi connectivity index (χ4v) is 4.89. The van der Waals surface area contributed by atoms with Gasteiger partial charge in [-0.3, -0.25) is 9.59 Å². The molecule has 0 aromatic heterocycles. The van der Waals surface area contributed by atoms with Crippen molar-refractivity contribution in [3.05, 3.63) is 24.8 Å². The SMILES string of the molecule is C=CC(=O)OCC(CCOC(=O)C1CCC(C2CCC(C(=O)OC)CC2)CC1)OC(=O)C(=C)C. The van der Waals surface area contributed by atoms with Gasteiger partial charge in [-0.1, -0.05) is 13.2 Å². The smallest absolute Gasteiger partial charge is 0.333 e. The van der Waals surface area contributed by atoms with Crippen LogP contribution in [0.5, 0.6) is 0 Å². The van der Waals surface area contributed by atoms with Gasteiger partial charge in [0.1, 0.15) is 12.7 Å². The summed E-state index contributed by atoms with van der Waals surface area (Å²) >= 11 is 0. The molecule has 0 spiro atoms. The van der Waals surface area contributed by atoms with Gasteiger partial charge >= 0.3 is 23.9 Å². The van der Waals surface area contributed by atoms with Gasteiger partial charge in [0, 0.05) is 18.1 Å². The minimum atomic E-state index is -0.739. The molecule has 0 heterocycles. The first-order valence-electron chi connectivity index (χ1n) is 12.1. The average Bonchev–Trinajstić information content (AvgIpc) is 2.86. The number of hydrogen-bond acceptors (Lipinski definition) is 8. The summed E-state index contributed by atoms with van der Waals surface area (Å²) in [4.78, 5) is 47.4. The van der Waals surface area contributed by atoms with Crippen molar-refractivity contribution in [2.45, 2.75) is 70.8 Å². The van der Waals surface area contributed by atoms with Gasteiger partial charge in [0.25, 0.3) is 0 Å². The van der Waals surface area contributed by atoms with Crippen LogP contribution in [0.3, 0.4) is 0 Å². The average molecular weight is 479 g/mol. The van der Waals surface area contributed by atoms with E-state index < -0.39 is 18.0 Å². The van der Waals surface area contributed by atoms with E-state index in [2.05, 4.69) is 13.2 Å². The molecule has 0 N–H and O–H groups in total. The topological polar surface area (TPSA) is 105 Å². The summed E-state index contributed by atoms with van der Waals surface area (Å²) in [6, 6.07) is 0. The Bertz CT molecular complexity index is 742. The molecule has 2 rings (SSSR count). The van der Waals surface area contributed by atoms with E-state index in [0.717, 1.165) is 57.4 Å². The molecule has 190 valence electrons. The number of rotatable bonds is 11. The Morgan fingerprint density at radius 1 is 0.882 bits per heavy atom. The number of hydrogen-bond donors (Lipinski definition) is 0. The summed E-state index contributed by atoms with van der Waals surface area (Å²) in [5.74, 6) is -0.438. The van der Waals surface area contributed by atoms with E-state index in [9.17, 15) is 19.2 Å². The van der Waals surface area contributed by atoms with Crippen LogP contribution in [0, 0.1) is 23.7 Å². The monoisotopic (exact) mass is 478 g/mol. The Balaban J connectivity index is 1.72. The molecule has 0 amide bonds. The van der Waals surface area contributed by atoms with Crippen molar-refractivity contribution >= 4 is 23.9 Å². The summed E-state index contributed by atoms with van der Waals surface area (Å²) in [5, 5.41) is 0.